The van der Waals surface area contributed by atoms with Crippen molar-refractivity contribution < 1.29 is 4.92 Å². The number of rotatable bonds is 4. The van der Waals surface area contributed by atoms with Gasteiger partial charge in [-0.3, -0.25) is 10.1 Å². The highest BCUT2D eigenvalue weighted by molar-refractivity contribution is 9.10. The lowest BCUT2D eigenvalue weighted by molar-refractivity contribution is -0.384. The Morgan fingerprint density at radius 1 is 1.29 bits per heavy atom. The van der Waals surface area contributed by atoms with Crippen LogP contribution in [0.4, 0.5) is 23.1 Å². The van der Waals surface area contributed by atoms with E-state index in [0.717, 1.165) is 21.3 Å². The van der Waals surface area contributed by atoms with Gasteiger partial charge in [-0.1, -0.05) is 15.9 Å². The van der Waals surface area contributed by atoms with Crippen LogP contribution in [-0.4, -0.2) is 21.9 Å². The molecule has 0 spiro atoms. The summed E-state index contributed by atoms with van der Waals surface area (Å²) >= 11 is 3.42. The van der Waals surface area contributed by atoms with Gasteiger partial charge in [-0.2, -0.15) is 4.98 Å². The molecule has 0 unspecified atom stereocenters. The summed E-state index contributed by atoms with van der Waals surface area (Å²) in [6.07, 6.45) is 1.19. The molecule has 7 nitrogen and oxygen atoms in total. The topological polar surface area (TPSA) is 93.0 Å². The first-order valence-corrected chi connectivity index (χ1v) is 6.94. The third-order valence-electron chi connectivity index (χ3n) is 2.93. The number of halogens is 1. The summed E-state index contributed by atoms with van der Waals surface area (Å²) in [6, 6.07) is 3.86. The minimum absolute atomic E-state index is 0.160. The lowest BCUT2D eigenvalue weighted by Gasteiger charge is -2.13. The maximum atomic E-state index is 11.1. The van der Waals surface area contributed by atoms with Crippen LogP contribution < -0.4 is 10.6 Å². The lowest BCUT2D eigenvalue weighted by Crippen LogP contribution is -2.06. The summed E-state index contributed by atoms with van der Waals surface area (Å²) in [6.45, 7) is 3.85. The fourth-order valence-corrected chi connectivity index (χ4v) is 2.63. The Balaban J connectivity index is 2.50. The van der Waals surface area contributed by atoms with E-state index in [-0.39, 0.29) is 11.5 Å². The summed E-state index contributed by atoms with van der Waals surface area (Å²) in [7, 11) is 1.65. The second kappa shape index (κ2) is 6.04. The van der Waals surface area contributed by atoms with Gasteiger partial charge in [0.15, 0.2) is 0 Å². The zero-order valence-corrected chi connectivity index (χ0v) is 13.4. The minimum Gasteiger partial charge on any atom is -0.357 e. The van der Waals surface area contributed by atoms with Crippen molar-refractivity contribution in [1.29, 1.82) is 0 Å². The second-order valence-corrected chi connectivity index (χ2v) is 5.39. The number of hydrogen-bond acceptors (Lipinski definition) is 6. The number of aromatic nitrogens is 2. The smallest absolute Gasteiger partial charge is 0.329 e. The van der Waals surface area contributed by atoms with Gasteiger partial charge >= 0.3 is 5.69 Å². The molecular weight excluding hydrogens is 338 g/mol. The van der Waals surface area contributed by atoms with Crippen LogP contribution in [0.15, 0.2) is 22.8 Å². The van der Waals surface area contributed by atoms with E-state index in [1.165, 1.54) is 6.20 Å². The van der Waals surface area contributed by atoms with Crippen LogP contribution in [-0.2, 0) is 0 Å². The van der Waals surface area contributed by atoms with Crippen LogP contribution >= 0.6 is 15.9 Å². The second-order valence-electron chi connectivity index (χ2n) is 4.47. The predicted molar refractivity (Wildman–Crippen MR) is 85.1 cm³/mol. The van der Waals surface area contributed by atoms with E-state index in [2.05, 4.69) is 36.5 Å². The molecule has 0 aliphatic heterocycles. The van der Waals surface area contributed by atoms with Crippen molar-refractivity contribution >= 4 is 39.1 Å². The monoisotopic (exact) mass is 351 g/mol. The van der Waals surface area contributed by atoms with E-state index >= 15 is 0 Å². The quantitative estimate of drug-likeness (QED) is 0.646. The van der Waals surface area contributed by atoms with Gasteiger partial charge in [0, 0.05) is 17.2 Å². The first kappa shape index (κ1) is 15.2. The van der Waals surface area contributed by atoms with E-state index in [0.29, 0.717) is 5.95 Å². The van der Waals surface area contributed by atoms with Crippen molar-refractivity contribution in [3.63, 3.8) is 0 Å². The molecule has 0 saturated heterocycles. The number of aryl methyl sites for hydroxylation is 2. The number of nitrogens with zero attached hydrogens (tertiary/aromatic N) is 3. The molecule has 1 aromatic heterocycles. The Kier molecular flexibility index (Phi) is 4.37. The van der Waals surface area contributed by atoms with Crippen molar-refractivity contribution in [2.24, 2.45) is 0 Å². The van der Waals surface area contributed by atoms with Crippen molar-refractivity contribution in [3.8, 4) is 0 Å². The Labute approximate surface area is 130 Å². The van der Waals surface area contributed by atoms with Crippen molar-refractivity contribution in [2.75, 3.05) is 17.7 Å². The van der Waals surface area contributed by atoms with E-state index in [1.54, 1.807) is 7.05 Å². The average molecular weight is 352 g/mol. The van der Waals surface area contributed by atoms with Gasteiger partial charge < -0.3 is 10.6 Å². The molecule has 0 aliphatic rings. The first-order valence-electron chi connectivity index (χ1n) is 6.15. The maximum absolute atomic E-state index is 11.1. The maximum Gasteiger partial charge on any atom is 0.329 e. The Morgan fingerprint density at radius 2 is 1.90 bits per heavy atom. The molecule has 0 atom stereocenters. The van der Waals surface area contributed by atoms with Crippen LogP contribution in [0.25, 0.3) is 0 Å². The fraction of sp³-hybridized carbons (Fsp3) is 0.231. The van der Waals surface area contributed by atoms with Crippen LogP contribution in [0.1, 0.15) is 11.1 Å². The standard InChI is InChI=1S/C13H14BrN5O2/c1-7-4-9(14)5-8(2)11(7)17-12-10(19(20)21)6-16-13(15-3)18-12/h4-6H,1-3H3,(H2,15,16,17,18). The highest BCUT2D eigenvalue weighted by atomic mass is 79.9. The molecule has 0 bridgehead atoms. The number of nitrogens with one attached hydrogen (secondary N) is 2. The van der Waals surface area contributed by atoms with Crippen molar-refractivity contribution in [1.82, 2.24) is 9.97 Å². The fourth-order valence-electron chi connectivity index (χ4n) is 1.95. The molecule has 0 radical (unpaired) electrons. The number of benzene rings is 1. The van der Waals surface area contributed by atoms with Gasteiger partial charge in [0.25, 0.3) is 0 Å². The number of anilines is 3. The van der Waals surface area contributed by atoms with Gasteiger partial charge in [0.05, 0.1) is 4.92 Å². The van der Waals surface area contributed by atoms with Crippen molar-refractivity contribution in [3.05, 3.63) is 44.0 Å². The predicted octanol–water partition coefficient (Wildman–Crippen LogP) is 3.55. The number of hydrogen-bond donors (Lipinski definition) is 2. The van der Waals surface area contributed by atoms with Gasteiger partial charge in [-0.15, -0.1) is 0 Å². The molecule has 21 heavy (non-hydrogen) atoms. The summed E-state index contributed by atoms with van der Waals surface area (Å²) in [4.78, 5) is 18.6. The molecule has 2 aromatic rings. The van der Waals surface area contributed by atoms with E-state index in [1.807, 2.05) is 26.0 Å². The van der Waals surface area contributed by atoms with Gasteiger partial charge in [-0.05, 0) is 37.1 Å². The highest BCUT2D eigenvalue weighted by Crippen LogP contribution is 2.31. The van der Waals surface area contributed by atoms with Crippen molar-refractivity contribution in [2.45, 2.75) is 13.8 Å². The molecule has 2 rings (SSSR count). The van der Waals surface area contributed by atoms with Crippen LogP contribution in [0.3, 0.4) is 0 Å². The molecule has 110 valence electrons. The summed E-state index contributed by atoms with van der Waals surface area (Å²) in [5.41, 5.74) is 2.54. The largest absolute Gasteiger partial charge is 0.357 e. The molecule has 1 heterocycles. The molecule has 0 fully saturated rings. The Morgan fingerprint density at radius 3 is 2.43 bits per heavy atom. The van der Waals surface area contributed by atoms with Gasteiger partial charge in [0.1, 0.15) is 6.20 Å². The molecule has 0 amide bonds. The summed E-state index contributed by atoms with van der Waals surface area (Å²) in [5.74, 6) is 0.475. The van der Waals surface area contributed by atoms with Gasteiger partial charge in [-0.25, -0.2) is 4.98 Å². The molecule has 1 aromatic carbocycles. The molecule has 0 saturated carbocycles. The average Bonchev–Trinajstić information content (AvgIpc) is 2.42. The van der Waals surface area contributed by atoms with E-state index < -0.39 is 4.92 Å². The zero-order chi connectivity index (χ0) is 15.6. The lowest BCUT2D eigenvalue weighted by atomic mass is 10.1. The normalized spacial score (nSPS) is 10.3. The molecule has 2 N–H and O–H groups in total. The van der Waals surface area contributed by atoms with Crippen LogP contribution in [0.2, 0.25) is 0 Å². The van der Waals surface area contributed by atoms with E-state index in [4.69, 9.17) is 0 Å². The Bertz CT molecular complexity index is 682. The highest BCUT2D eigenvalue weighted by Gasteiger charge is 2.18. The number of nitro groups is 1. The van der Waals surface area contributed by atoms with Crippen LogP contribution in [0.5, 0.6) is 0 Å². The summed E-state index contributed by atoms with van der Waals surface area (Å²) < 4.78 is 0.955. The first-order chi connectivity index (χ1) is 9.92. The molecule has 0 aliphatic carbocycles. The SMILES string of the molecule is CNc1ncc([N+](=O)[O-])c(Nc2c(C)cc(Br)cc2C)n1. The Hall–Kier alpha value is -2.22. The molecule has 8 heteroatoms. The van der Waals surface area contributed by atoms with Gasteiger partial charge in [0.2, 0.25) is 11.8 Å². The molecular formula is C13H14BrN5O2. The van der Waals surface area contributed by atoms with E-state index in [9.17, 15) is 10.1 Å². The van der Waals surface area contributed by atoms with Crippen LogP contribution in [0, 0.1) is 24.0 Å². The minimum atomic E-state index is -0.509. The third kappa shape index (κ3) is 3.27. The zero-order valence-electron chi connectivity index (χ0n) is 11.8. The summed E-state index contributed by atoms with van der Waals surface area (Å²) in [5, 5.41) is 16.9. The third-order valence-corrected chi connectivity index (χ3v) is 3.39.